The van der Waals surface area contributed by atoms with E-state index < -0.39 is 12.8 Å². The van der Waals surface area contributed by atoms with Crippen molar-refractivity contribution in [1.29, 1.82) is 0 Å². The number of halogens is 3. The number of hydrogen-bond donors (Lipinski definition) is 2. The maximum atomic E-state index is 11.9. The van der Waals surface area contributed by atoms with Gasteiger partial charge in [0.25, 0.3) is 0 Å². The Morgan fingerprint density at radius 1 is 1.26 bits per heavy atom. The number of aromatic nitrogens is 4. The van der Waals surface area contributed by atoms with Gasteiger partial charge in [0.1, 0.15) is 17.6 Å². The molecule has 0 aliphatic heterocycles. The lowest BCUT2D eigenvalue weighted by Gasteiger charge is -2.08. The van der Waals surface area contributed by atoms with Crippen LogP contribution in [-0.2, 0) is 11.3 Å². The van der Waals surface area contributed by atoms with E-state index in [0.717, 1.165) is 0 Å². The van der Waals surface area contributed by atoms with Gasteiger partial charge in [0.05, 0.1) is 19.3 Å². The molecule has 0 saturated carbocycles. The van der Waals surface area contributed by atoms with Crippen molar-refractivity contribution in [2.45, 2.75) is 12.7 Å². The number of rotatable bonds is 4. The van der Waals surface area contributed by atoms with E-state index in [0.29, 0.717) is 11.0 Å². The monoisotopic (exact) mass is 276 g/mol. The van der Waals surface area contributed by atoms with E-state index in [9.17, 15) is 13.2 Å². The van der Waals surface area contributed by atoms with Crippen LogP contribution in [0.1, 0.15) is 0 Å². The van der Waals surface area contributed by atoms with Crippen LogP contribution in [0.2, 0.25) is 0 Å². The maximum absolute atomic E-state index is 11.9. The van der Waals surface area contributed by atoms with Crippen LogP contribution in [-0.4, -0.2) is 39.1 Å². The zero-order valence-corrected chi connectivity index (χ0v) is 9.68. The highest BCUT2D eigenvalue weighted by Crippen LogP contribution is 2.18. The van der Waals surface area contributed by atoms with Gasteiger partial charge in [-0.3, -0.25) is 4.68 Å². The molecule has 2 aromatic heterocycles. The van der Waals surface area contributed by atoms with Gasteiger partial charge in [0.2, 0.25) is 5.95 Å². The van der Waals surface area contributed by atoms with E-state index in [1.54, 1.807) is 0 Å². The van der Waals surface area contributed by atoms with Crippen LogP contribution < -0.4 is 11.5 Å². The Balaban J connectivity index is 2.06. The first-order chi connectivity index (χ1) is 8.87. The summed E-state index contributed by atoms with van der Waals surface area (Å²) >= 11 is 0. The predicted molar refractivity (Wildman–Crippen MR) is 61.0 cm³/mol. The minimum atomic E-state index is -4.34. The lowest BCUT2D eigenvalue weighted by Crippen LogP contribution is -2.19. The van der Waals surface area contributed by atoms with Crippen molar-refractivity contribution < 1.29 is 17.9 Å². The third-order valence-electron chi connectivity index (χ3n) is 2.25. The van der Waals surface area contributed by atoms with Crippen molar-refractivity contribution in [3.63, 3.8) is 0 Å². The molecule has 0 spiro atoms. The van der Waals surface area contributed by atoms with Gasteiger partial charge in [0, 0.05) is 0 Å². The van der Waals surface area contributed by atoms with Gasteiger partial charge in [-0.15, -0.1) is 0 Å². The number of ether oxygens (including phenoxy) is 1. The molecule has 2 aromatic rings. The lowest BCUT2D eigenvalue weighted by molar-refractivity contribution is -0.174. The molecule has 0 aliphatic rings. The van der Waals surface area contributed by atoms with Gasteiger partial charge >= 0.3 is 6.18 Å². The highest BCUT2D eigenvalue weighted by atomic mass is 19.4. The number of fused-ring (bicyclic) bond motifs is 1. The molecule has 4 N–H and O–H groups in total. The fourth-order valence-corrected chi connectivity index (χ4v) is 1.55. The first kappa shape index (κ1) is 13.3. The fourth-order valence-electron chi connectivity index (χ4n) is 1.55. The summed E-state index contributed by atoms with van der Waals surface area (Å²) in [7, 11) is 0. The molecule has 0 atom stereocenters. The normalized spacial score (nSPS) is 12.2. The quantitative estimate of drug-likeness (QED) is 0.791. The first-order valence-electron chi connectivity index (χ1n) is 5.26. The molecule has 0 aromatic carbocycles. The van der Waals surface area contributed by atoms with Crippen molar-refractivity contribution in [1.82, 2.24) is 19.7 Å². The molecular weight excluding hydrogens is 265 g/mol. The summed E-state index contributed by atoms with van der Waals surface area (Å²) in [5.41, 5.74) is 11.9. The zero-order valence-electron chi connectivity index (χ0n) is 9.68. The second-order valence-corrected chi connectivity index (χ2v) is 3.74. The van der Waals surface area contributed by atoms with Crippen LogP contribution in [0.5, 0.6) is 0 Å². The SMILES string of the molecule is Nc1nc(N)c2c(cnn2CCOCC(F)(F)F)n1. The molecule has 0 aliphatic carbocycles. The molecular formula is C9H11F3N6O. The van der Waals surface area contributed by atoms with Gasteiger partial charge < -0.3 is 16.2 Å². The van der Waals surface area contributed by atoms with E-state index in [4.69, 9.17) is 11.5 Å². The number of hydrogen-bond acceptors (Lipinski definition) is 6. The summed E-state index contributed by atoms with van der Waals surface area (Å²) in [6.45, 7) is -1.34. The van der Waals surface area contributed by atoms with E-state index in [2.05, 4.69) is 19.8 Å². The topological polar surface area (TPSA) is 105 Å². The van der Waals surface area contributed by atoms with Crippen molar-refractivity contribution in [2.24, 2.45) is 0 Å². The van der Waals surface area contributed by atoms with E-state index in [-0.39, 0.29) is 24.9 Å². The second-order valence-electron chi connectivity index (χ2n) is 3.74. The van der Waals surface area contributed by atoms with Crippen molar-refractivity contribution in [3.05, 3.63) is 6.20 Å². The molecule has 2 rings (SSSR count). The minimum Gasteiger partial charge on any atom is -0.382 e. The number of nitrogen functional groups attached to an aromatic ring is 2. The van der Waals surface area contributed by atoms with Gasteiger partial charge in [-0.2, -0.15) is 23.3 Å². The van der Waals surface area contributed by atoms with Crippen LogP contribution in [0, 0.1) is 0 Å². The minimum absolute atomic E-state index is 0.0119. The molecule has 2 heterocycles. The Bertz CT molecular complexity index is 581. The van der Waals surface area contributed by atoms with Gasteiger partial charge in [-0.25, -0.2) is 4.98 Å². The molecule has 0 amide bonds. The highest BCUT2D eigenvalue weighted by Gasteiger charge is 2.27. The Hall–Kier alpha value is -2.10. The third-order valence-corrected chi connectivity index (χ3v) is 2.25. The average Bonchev–Trinajstić information content (AvgIpc) is 2.66. The number of alkyl halides is 3. The van der Waals surface area contributed by atoms with Crippen LogP contribution in [0.15, 0.2) is 6.20 Å². The lowest BCUT2D eigenvalue weighted by atomic mass is 10.4. The Morgan fingerprint density at radius 3 is 2.68 bits per heavy atom. The molecule has 104 valence electrons. The summed E-state index contributed by atoms with van der Waals surface area (Å²) in [5, 5.41) is 3.95. The summed E-state index contributed by atoms with van der Waals surface area (Å²) in [4.78, 5) is 7.67. The Labute approximate surface area is 105 Å². The second kappa shape index (κ2) is 4.88. The van der Waals surface area contributed by atoms with Gasteiger partial charge in [-0.05, 0) is 0 Å². The molecule has 0 radical (unpaired) electrons. The smallest absolute Gasteiger partial charge is 0.382 e. The molecule has 0 fully saturated rings. The van der Waals surface area contributed by atoms with Crippen molar-refractivity contribution in [3.8, 4) is 0 Å². The molecule has 19 heavy (non-hydrogen) atoms. The average molecular weight is 276 g/mol. The van der Waals surface area contributed by atoms with E-state index in [1.165, 1.54) is 10.9 Å². The molecule has 0 bridgehead atoms. The first-order valence-corrected chi connectivity index (χ1v) is 5.26. The third kappa shape index (κ3) is 3.22. The maximum Gasteiger partial charge on any atom is 0.411 e. The van der Waals surface area contributed by atoms with Crippen LogP contribution in [0.25, 0.3) is 11.0 Å². The standard InChI is InChI=1S/C9H11F3N6O/c10-9(11,12)4-19-2-1-18-6-5(3-15-18)16-8(14)17-7(6)13/h3H,1-2,4H2,(H4,13,14,16,17). The Morgan fingerprint density at radius 2 is 2.00 bits per heavy atom. The van der Waals surface area contributed by atoms with Gasteiger partial charge in [-0.1, -0.05) is 0 Å². The summed E-state index contributed by atoms with van der Waals surface area (Å²) in [5.74, 6) is 0.133. The molecule has 10 heteroatoms. The summed E-state index contributed by atoms with van der Waals surface area (Å²) < 4.78 is 41.5. The van der Waals surface area contributed by atoms with Crippen LogP contribution >= 0.6 is 0 Å². The zero-order chi connectivity index (χ0) is 14.0. The van der Waals surface area contributed by atoms with Crippen molar-refractivity contribution >= 4 is 22.8 Å². The largest absolute Gasteiger partial charge is 0.411 e. The van der Waals surface area contributed by atoms with E-state index >= 15 is 0 Å². The highest BCUT2D eigenvalue weighted by molar-refractivity contribution is 5.85. The summed E-state index contributed by atoms with van der Waals surface area (Å²) in [6, 6.07) is 0. The number of anilines is 2. The molecule has 0 saturated heterocycles. The Kier molecular flexibility index (Phi) is 3.42. The van der Waals surface area contributed by atoms with Crippen LogP contribution in [0.3, 0.4) is 0 Å². The van der Waals surface area contributed by atoms with Crippen LogP contribution in [0.4, 0.5) is 24.9 Å². The number of nitrogens with two attached hydrogens (primary N) is 2. The number of nitrogens with zero attached hydrogens (tertiary/aromatic N) is 4. The molecule has 7 nitrogen and oxygen atoms in total. The van der Waals surface area contributed by atoms with Gasteiger partial charge in [0.15, 0.2) is 5.82 Å². The van der Waals surface area contributed by atoms with E-state index in [1.807, 2.05) is 0 Å². The fraction of sp³-hybridized carbons (Fsp3) is 0.444. The molecule has 0 unspecified atom stereocenters. The predicted octanol–water partition coefficient (Wildman–Crippen LogP) is 0.570. The summed E-state index contributed by atoms with van der Waals surface area (Å²) in [6.07, 6.45) is -2.93. The van der Waals surface area contributed by atoms with Crippen molar-refractivity contribution in [2.75, 3.05) is 24.7 Å².